The number of carbonyl (C=O) groups is 1. The van der Waals surface area contributed by atoms with Gasteiger partial charge in [0.05, 0.1) is 17.7 Å². The van der Waals surface area contributed by atoms with Gasteiger partial charge in [-0.1, -0.05) is 36.4 Å². The molecule has 2 aromatic carbocycles. The van der Waals surface area contributed by atoms with Crippen LogP contribution in [0.15, 0.2) is 76.2 Å². The highest BCUT2D eigenvalue weighted by molar-refractivity contribution is 7.89. The minimum Gasteiger partial charge on any atom is -0.467 e. The van der Waals surface area contributed by atoms with Gasteiger partial charge in [-0.05, 0) is 54.3 Å². The van der Waals surface area contributed by atoms with Crippen molar-refractivity contribution in [2.75, 3.05) is 0 Å². The van der Waals surface area contributed by atoms with Crippen molar-refractivity contribution in [3.8, 4) is 0 Å². The molecule has 0 fully saturated rings. The Labute approximate surface area is 170 Å². The fourth-order valence-electron chi connectivity index (χ4n) is 3.59. The zero-order valence-corrected chi connectivity index (χ0v) is 16.9. The van der Waals surface area contributed by atoms with E-state index in [4.69, 9.17) is 4.42 Å². The number of aryl methyl sites for hydroxylation is 1. The molecule has 4 rings (SSSR count). The fourth-order valence-corrected chi connectivity index (χ4v) is 5.26. The average Bonchev–Trinajstić information content (AvgIpc) is 3.24. The number of furan rings is 1. The molecule has 0 bridgehead atoms. The molecule has 0 spiro atoms. The van der Waals surface area contributed by atoms with E-state index in [1.165, 1.54) is 10.6 Å². The molecule has 1 N–H and O–H groups in total. The second kappa shape index (κ2) is 7.85. The van der Waals surface area contributed by atoms with Crippen LogP contribution < -0.4 is 5.32 Å². The van der Waals surface area contributed by atoms with Crippen LogP contribution in [0.5, 0.6) is 0 Å². The molecule has 0 aliphatic carbocycles. The molecule has 0 saturated carbocycles. The first kappa shape index (κ1) is 19.4. The van der Waals surface area contributed by atoms with Crippen molar-refractivity contribution in [3.63, 3.8) is 0 Å². The second-order valence-corrected chi connectivity index (χ2v) is 9.04. The molecule has 0 saturated heterocycles. The zero-order valence-electron chi connectivity index (χ0n) is 16.0. The smallest absolute Gasteiger partial charge is 0.244 e. The first-order valence-electron chi connectivity index (χ1n) is 9.40. The Morgan fingerprint density at radius 2 is 1.90 bits per heavy atom. The van der Waals surface area contributed by atoms with Gasteiger partial charge in [0.25, 0.3) is 0 Å². The van der Waals surface area contributed by atoms with Gasteiger partial charge in [-0.3, -0.25) is 4.79 Å². The van der Waals surface area contributed by atoms with Crippen LogP contribution >= 0.6 is 0 Å². The standard InChI is InChI=1S/C22H22N2O4S/c1-16-6-4-10-20(12-16)29(26,27)24-15-18-8-3-2-7-17(18)13-21(24)22(25)23-14-19-9-5-11-28-19/h2-12,21H,13-15H2,1H3,(H,23,25)/t21-/m1/s1. The molecule has 6 nitrogen and oxygen atoms in total. The number of carbonyl (C=O) groups excluding carboxylic acids is 1. The van der Waals surface area contributed by atoms with E-state index in [0.717, 1.165) is 16.7 Å². The Balaban J connectivity index is 1.67. The second-order valence-electron chi connectivity index (χ2n) is 7.15. The number of fused-ring (bicyclic) bond motifs is 1. The minimum absolute atomic E-state index is 0.158. The topological polar surface area (TPSA) is 79.6 Å². The van der Waals surface area contributed by atoms with E-state index in [-0.39, 0.29) is 23.9 Å². The lowest BCUT2D eigenvalue weighted by Crippen LogP contribution is -2.52. The average molecular weight is 410 g/mol. The molecule has 1 amide bonds. The number of hydrogen-bond donors (Lipinski definition) is 1. The molecule has 150 valence electrons. The molecule has 0 unspecified atom stereocenters. The molecule has 2 heterocycles. The molecular weight excluding hydrogens is 388 g/mol. The third kappa shape index (κ3) is 3.97. The number of nitrogens with zero attached hydrogens (tertiary/aromatic N) is 1. The van der Waals surface area contributed by atoms with Crippen molar-refractivity contribution >= 4 is 15.9 Å². The maximum absolute atomic E-state index is 13.4. The van der Waals surface area contributed by atoms with Crippen LogP contribution in [0.25, 0.3) is 0 Å². The number of benzene rings is 2. The predicted molar refractivity (Wildman–Crippen MR) is 108 cm³/mol. The first-order chi connectivity index (χ1) is 13.9. The summed E-state index contributed by atoms with van der Waals surface area (Å²) in [4.78, 5) is 13.2. The summed E-state index contributed by atoms with van der Waals surface area (Å²) < 4.78 is 33.4. The van der Waals surface area contributed by atoms with Gasteiger partial charge in [0.15, 0.2) is 0 Å². The summed E-state index contributed by atoms with van der Waals surface area (Å²) in [5.74, 6) is 0.273. The summed E-state index contributed by atoms with van der Waals surface area (Å²) in [5.41, 5.74) is 2.75. The van der Waals surface area contributed by atoms with Crippen LogP contribution in [0.4, 0.5) is 0 Å². The third-order valence-electron chi connectivity index (χ3n) is 5.12. The van der Waals surface area contributed by atoms with Crippen LogP contribution in [-0.2, 0) is 34.3 Å². The number of nitrogens with one attached hydrogen (secondary N) is 1. The monoisotopic (exact) mass is 410 g/mol. The molecule has 1 aliphatic heterocycles. The summed E-state index contributed by atoms with van der Waals surface area (Å²) in [6.45, 7) is 2.21. The molecular formula is C22H22N2O4S. The van der Waals surface area contributed by atoms with Crippen molar-refractivity contribution in [3.05, 3.63) is 89.4 Å². The number of sulfonamides is 1. The summed E-state index contributed by atoms with van der Waals surface area (Å²) in [5, 5.41) is 2.81. The van der Waals surface area contributed by atoms with Crippen LogP contribution in [0.3, 0.4) is 0 Å². The quantitative estimate of drug-likeness (QED) is 0.701. The number of hydrogen-bond acceptors (Lipinski definition) is 4. The largest absolute Gasteiger partial charge is 0.467 e. The van der Waals surface area contributed by atoms with E-state index in [2.05, 4.69) is 5.32 Å². The third-order valence-corrected chi connectivity index (χ3v) is 6.97. The van der Waals surface area contributed by atoms with Crippen molar-refractivity contribution in [2.45, 2.75) is 37.4 Å². The highest BCUT2D eigenvalue weighted by Gasteiger charge is 2.39. The van der Waals surface area contributed by atoms with Gasteiger partial charge in [0.2, 0.25) is 15.9 Å². The van der Waals surface area contributed by atoms with Crippen molar-refractivity contribution in [2.24, 2.45) is 0 Å². The van der Waals surface area contributed by atoms with Crippen LogP contribution in [-0.4, -0.2) is 24.7 Å². The molecule has 1 aliphatic rings. The summed E-state index contributed by atoms with van der Waals surface area (Å²) in [6, 6.07) is 17.1. The van der Waals surface area contributed by atoms with E-state index >= 15 is 0 Å². The predicted octanol–water partition coefficient (Wildman–Crippen LogP) is 3.02. The summed E-state index contributed by atoms with van der Waals surface area (Å²) >= 11 is 0. The van der Waals surface area contributed by atoms with Crippen molar-refractivity contribution < 1.29 is 17.6 Å². The van der Waals surface area contributed by atoms with Crippen molar-refractivity contribution in [1.29, 1.82) is 0 Å². The Kier molecular flexibility index (Phi) is 5.25. The molecule has 7 heteroatoms. The van der Waals surface area contributed by atoms with Crippen molar-refractivity contribution in [1.82, 2.24) is 9.62 Å². The SMILES string of the molecule is Cc1cccc(S(=O)(=O)N2Cc3ccccc3C[C@@H]2C(=O)NCc2ccco2)c1. The number of rotatable bonds is 5. The Bertz CT molecular complexity index is 1120. The Morgan fingerprint density at radius 3 is 2.62 bits per heavy atom. The maximum atomic E-state index is 13.4. The fraction of sp³-hybridized carbons (Fsp3) is 0.227. The van der Waals surface area contributed by atoms with E-state index in [0.29, 0.717) is 12.2 Å². The van der Waals surface area contributed by atoms with Gasteiger partial charge in [0, 0.05) is 6.54 Å². The van der Waals surface area contributed by atoms with Gasteiger partial charge in [-0.15, -0.1) is 0 Å². The van der Waals surface area contributed by atoms with E-state index < -0.39 is 16.1 Å². The van der Waals surface area contributed by atoms with Gasteiger partial charge in [-0.2, -0.15) is 4.31 Å². The lowest BCUT2D eigenvalue weighted by Gasteiger charge is -2.35. The lowest BCUT2D eigenvalue weighted by atomic mass is 9.95. The van der Waals surface area contributed by atoms with Crippen LogP contribution in [0.2, 0.25) is 0 Å². The summed E-state index contributed by atoms with van der Waals surface area (Å²) in [7, 11) is -3.84. The first-order valence-corrected chi connectivity index (χ1v) is 10.8. The zero-order chi connectivity index (χ0) is 20.4. The Hall–Kier alpha value is -2.90. The summed E-state index contributed by atoms with van der Waals surface area (Å²) in [6.07, 6.45) is 1.86. The van der Waals surface area contributed by atoms with Crippen LogP contribution in [0.1, 0.15) is 22.5 Å². The molecule has 1 aromatic heterocycles. The normalized spacial score (nSPS) is 16.9. The highest BCUT2D eigenvalue weighted by Crippen LogP contribution is 2.29. The Morgan fingerprint density at radius 1 is 1.10 bits per heavy atom. The van der Waals surface area contributed by atoms with E-state index in [1.807, 2.05) is 37.3 Å². The van der Waals surface area contributed by atoms with Gasteiger partial charge >= 0.3 is 0 Å². The lowest BCUT2D eigenvalue weighted by molar-refractivity contribution is -0.125. The van der Waals surface area contributed by atoms with E-state index in [9.17, 15) is 13.2 Å². The van der Waals surface area contributed by atoms with Gasteiger partial charge in [0.1, 0.15) is 11.8 Å². The molecule has 29 heavy (non-hydrogen) atoms. The maximum Gasteiger partial charge on any atom is 0.244 e. The van der Waals surface area contributed by atoms with E-state index in [1.54, 1.807) is 30.3 Å². The van der Waals surface area contributed by atoms with Gasteiger partial charge < -0.3 is 9.73 Å². The van der Waals surface area contributed by atoms with Crippen LogP contribution in [0, 0.1) is 6.92 Å². The molecule has 1 atom stereocenters. The van der Waals surface area contributed by atoms with Gasteiger partial charge in [-0.25, -0.2) is 8.42 Å². The highest BCUT2D eigenvalue weighted by atomic mass is 32.2. The molecule has 0 radical (unpaired) electrons. The minimum atomic E-state index is -3.84. The molecule has 3 aromatic rings. The number of amides is 1.